The molecule has 1 atom stereocenters. The summed E-state index contributed by atoms with van der Waals surface area (Å²) in [4.78, 5) is 26.8. The van der Waals surface area contributed by atoms with E-state index in [1.54, 1.807) is 24.0 Å². The van der Waals surface area contributed by atoms with Crippen LogP contribution in [-0.2, 0) is 16.0 Å². The molecule has 0 saturated carbocycles. The molecule has 0 aliphatic carbocycles. The van der Waals surface area contributed by atoms with Gasteiger partial charge in [0.25, 0.3) is 0 Å². The van der Waals surface area contributed by atoms with Gasteiger partial charge in [0.15, 0.2) is 0 Å². The number of para-hydroxylation sites is 1. The van der Waals surface area contributed by atoms with Crippen LogP contribution in [0.1, 0.15) is 25.8 Å². The first-order valence-corrected chi connectivity index (χ1v) is 8.51. The molecule has 0 bridgehead atoms. The fraction of sp³-hybridized carbons (Fsp3) is 0.300. The fourth-order valence-corrected chi connectivity index (χ4v) is 2.60. The molecule has 0 aliphatic heterocycles. The van der Waals surface area contributed by atoms with Gasteiger partial charge in [-0.05, 0) is 43.2 Å². The smallest absolute Gasteiger partial charge is 0.246 e. The average Bonchev–Trinajstić information content (AvgIpc) is 2.61. The lowest BCUT2D eigenvalue weighted by atomic mass is 10.1. The summed E-state index contributed by atoms with van der Waals surface area (Å²) in [7, 11) is 0. The van der Waals surface area contributed by atoms with Crippen LogP contribution >= 0.6 is 0 Å². The molecule has 132 valence electrons. The Hall–Kier alpha value is -2.82. The van der Waals surface area contributed by atoms with E-state index in [-0.39, 0.29) is 18.2 Å². The second-order valence-electron chi connectivity index (χ2n) is 6.04. The van der Waals surface area contributed by atoms with Crippen molar-refractivity contribution in [2.45, 2.75) is 32.7 Å². The molecule has 5 heteroatoms. The fourth-order valence-electron chi connectivity index (χ4n) is 2.60. The van der Waals surface area contributed by atoms with E-state index < -0.39 is 6.04 Å². The van der Waals surface area contributed by atoms with E-state index in [1.165, 1.54) is 0 Å². The molecule has 0 spiro atoms. The Labute approximate surface area is 148 Å². The molecule has 5 nitrogen and oxygen atoms in total. The number of benzene rings is 2. The predicted octanol–water partition coefficient (Wildman–Crippen LogP) is 3.08. The van der Waals surface area contributed by atoms with Crippen LogP contribution in [0.5, 0.6) is 0 Å². The molecular weight excluding hydrogens is 314 g/mol. The molecule has 1 unspecified atom stereocenters. The molecule has 0 radical (unpaired) electrons. The lowest BCUT2D eigenvalue weighted by molar-refractivity contribution is -0.137. The molecule has 2 aromatic carbocycles. The van der Waals surface area contributed by atoms with Crippen molar-refractivity contribution < 1.29 is 9.59 Å². The van der Waals surface area contributed by atoms with Gasteiger partial charge in [0.2, 0.25) is 11.8 Å². The molecule has 2 aromatic rings. The standard InChI is InChI=1S/C20H25N3O2/c1-3-13-23(19(24)14-16-9-11-17(21)12-10-16)15(2)20(25)22-18-7-5-4-6-8-18/h4-12,15H,3,13-14,21H2,1-2H3,(H,22,25). The minimum Gasteiger partial charge on any atom is -0.399 e. The summed E-state index contributed by atoms with van der Waals surface area (Å²) in [5.41, 5.74) is 7.95. The van der Waals surface area contributed by atoms with E-state index in [9.17, 15) is 9.59 Å². The summed E-state index contributed by atoms with van der Waals surface area (Å²) in [5.74, 6) is -0.257. The summed E-state index contributed by atoms with van der Waals surface area (Å²) in [6.07, 6.45) is 1.04. The summed E-state index contributed by atoms with van der Waals surface area (Å²) in [5, 5.41) is 2.86. The number of rotatable bonds is 7. The zero-order chi connectivity index (χ0) is 18.2. The lowest BCUT2D eigenvalue weighted by Crippen LogP contribution is -2.46. The SMILES string of the molecule is CCCN(C(=O)Cc1ccc(N)cc1)C(C)C(=O)Nc1ccccc1. The Morgan fingerprint density at radius 2 is 1.72 bits per heavy atom. The number of hydrogen-bond donors (Lipinski definition) is 2. The van der Waals surface area contributed by atoms with E-state index in [0.29, 0.717) is 12.2 Å². The van der Waals surface area contributed by atoms with Gasteiger partial charge in [0, 0.05) is 17.9 Å². The van der Waals surface area contributed by atoms with Crippen LogP contribution in [-0.4, -0.2) is 29.3 Å². The number of carbonyl (C=O) groups is 2. The minimum atomic E-state index is -0.540. The van der Waals surface area contributed by atoms with Crippen molar-refractivity contribution in [3.05, 3.63) is 60.2 Å². The highest BCUT2D eigenvalue weighted by molar-refractivity contribution is 5.97. The minimum absolute atomic E-state index is 0.0673. The van der Waals surface area contributed by atoms with Crippen LogP contribution in [0.25, 0.3) is 0 Å². The van der Waals surface area contributed by atoms with Gasteiger partial charge in [-0.25, -0.2) is 0 Å². The van der Waals surface area contributed by atoms with Crippen LogP contribution in [0.2, 0.25) is 0 Å². The first-order chi connectivity index (χ1) is 12.0. The first kappa shape index (κ1) is 18.5. The Bertz CT molecular complexity index is 699. The van der Waals surface area contributed by atoms with Gasteiger partial charge in [0.1, 0.15) is 6.04 Å². The van der Waals surface area contributed by atoms with Gasteiger partial charge < -0.3 is 16.0 Å². The monoisotopic (exact) mass is 339 g/mol. The van der Waals surface area contributed by atoms with Crippen LogP contribution in [0.3, 0.4) is 0 Å². The number of amides is 2. The van der Waals surface area contributed by atoms with Gasteiger partial charge in [-0.15, -0.1) is 0 Å². The normalized spacial score (nSPS) is 11.6. The van der Waals surface area contributed by atoms with Crippen LogP contribution in [0.15, 0.2) is 54.6 Å². The molecular formula is C20H25N3O2. The highest BCUT2D eigenvalue weighted by Gasteiger charge is 2.25. The second-order valence-corrected chi connectivity index (χ2v) is 6.04. The topological polar surface area (TPSA) is 75.4 Å². The maximum Gasteiger partial charge on any atom is 0.246 e. The van der Waals surface area contributed by atoms with Crippen LogP contribution in [0, 0.1) is 0 Å². The maximum absolute atomic E-state index is 12.7. The van der Waals surface area contributed by atoms with Crippen LogP contribution < -0.4 is 11.1 Å². The molecule has 3 N–H and O–H groups in total. The van der Waals surface area contributed by atoms with E-state index in [4.69, 9.17) is 5.73 Å². The Morgan fingerprint density at radius 3 is 2.32 bits per heavy atom. The van der Waals surface area contributed by atoms with Crippen molar-refractivity contribution in [1.82, 2.24) is 4.90 Å². The molecule has 2 rings (SSSR count). The number of nitrogens with one attached hydrogen (secondary N) is 1. The molecule has 25 heavy (non-hydrogen) atoms. The summed E-state index contributed by atoms with van der Waals surface area (Å²) >= 11 is 0. The van der Waals surface area contributed by atoms with E-state index in [2.05, 4.69) is 5.32 Å². The predicted molar refractivity (Wildman–Crippen MR) is 101 cm³/mol. The number of nitrogen functional groups attached to an aromatic ring is 1. The third-order valence-corrected chi connectivity index (χ3v) is 4.01. The Morgan fingerprint density at radius 1 is 1.08 bits per heavy atom. The highest BCUT2D eigenvalue weighted by Crippen LogP contribution is 2.12. The van der Waals surface area contributed by atoms with Crippen molar-refractivity contribution in [3.8, 4) is 0 Å². The van der Waals surface area contributed by atoms with E-state index in [1.807, 2.05) is 49.4 Å². The largest absolute Gasteiger partial charge is 0.399 e. The summed E-state index contributed by atoms with van der Waals surface area (Å²) < 4.78 is 0. The quantitative estimate of drug-likeness (QED) is 0.761. The molecule has 2 amide bonds. The maximum atomic E-state index is 12.7. The van der Waals surface area contributed by atoms with Gasteiger partial charge in [-0.1, -0.05) is 37.3 Å². The van der Waals surface area contributed by atoms with E-state index in [0.717, 1.165) is 17.7 Å². The second kappa shape index (κ2) is 8.87. The third kappa shape index (κ3) is 5.35. The number of anilines is 2. The molecule has 0 aliphatic rings. The number of nitrogens with two attached hydrogens (primary N) is 1. The molecule has 0 fully saturated rings. The van der Waals surface area contributed by atoms with Crippen LogP contribution in [0.4, 0.5) is 11.4 Å². The first-order valence-electron chi connectivity index (χ1n) is 8.51. The van der Waals surface area contributed by atoms with E-state index >= 15 is 0 Å². The average molecular weight is 339 g/mol. The zero-order valence-electron chi connectivity index (χ0n) is 14.7. The van der Waals surface area contributed by atoms with Crippen molar-refractivity contribution in [3.63, 3.8) is 0 Å². The highest BCUT2D eigenvalue weighted by atomic mass is 16.2. The zero-order valence-corrected chi connectivity index (χ0v) is 14.7. The number of hydrogen-bond acceptors (Lipinski definition) is 3. The molecule has 0 aromatic heterocycles. The van der Waals surface area contributed by atoms with Gasteiger partial charge >= 0.3 is 0 Å². The van der Waals surface area contributed by atoms with Crippen molar-refractivity contribution in [2.75, 3.05) is 17.6 Å². The Balaban J connectivity index is 2.05. The number of carbonyl (C=O) groups excluding carboxylic acids is 2. The lowest BCUT2D eigenvalue weighted by Gasteiger charge is -2.28. The van der Waals surface area contributed by atoms with Gasteiger partial charge in [-0.2, -0.15) is 0 Å². The third-order valence-electron chi connectivity index (χ3n) is 4.01. The van der Waals surface area contributed by atoms with Gasteiger partial charge in [-0.3, -0.25) is 9.59 Å². The summed E-state index contributed by atoms with van der Waals surface area (Å²) in [6.45, 7) is 4.29. The molecule has 0 saturated heterocycles. The summed E-state index contributed by atoms with van der Waals surface area (Å²) in [6, 6.07) is 15.9. The van der Waals surface area contributed by atoms with Crippen molar-refractivity contribution in [1.29, 1.82) is 0 Å². The van der Waals surface area contributed by atoms with Gasteiger partial charge in [0.05, 0.1) is 6.42 Å². The Kier molecular flexibility index (Phi) is 6.57. The number of nitrogens with zero attached hydrogens (tertiary/aromatic N) is 1. The van der Waals surface area contributed by atoms with Crippen molar-refractivity contribution >= 4 is 23.2 Å². The molecule has 0 heterocycles. The van der Waals surface area contributed by atoms with Crippen molar-refractivity contribution in [2.24, 2.45) is 0 Å².